The Kier molecular flexibility index (Phi) is 4.87. The molecule has 0 aliphatic carbocycles. The smallest absolute Gasteiger partial charge is 0.263 e. The molecule has 0 radical (unpaired) electrons. The number of sulfonamides is 1. The maximum absolute atomic E-state index is 13.2. The van der Waals surface area contributed by atoms with Crippen LogP contribution in [0.15, 0.2) is 41.4 Å². The summed E-state index contributed by atoms with van der Waals surface area (Å²) in [5.74, 6) is -1.61. The fraction of sp³-hybridized carbons (Fsp3) is 0.312. The Bertz CT molecular complexity index is 859. The summed E-state index contributed by atoms with van der Waals surface area (Å²) < 4.78 is 53.0. The maximum Gasteiger partial charge on any atom is 0.263 e. The molecule has 1 atom stereocenters. The van der Waals surface area contributed by atoms with Gasteiger partial charge in [-0.25, -0.2) is 22.2 Å². The van der Waals surface area contributed by atoms with Crippen molar-refractivity contribution in [3.8, 4) is 0 Å². The van der Waals surface area contributed by atoms with E-state index < -0.39 is 21.7 Å². The second kappa shape index (κ2) is 6.93. The van der Waals surface area contributed by atoms with Crippen molar-refractivity contribution in [3.63, 3.8) is 0 Å². The summed E-state index contributed by atoms with van der Waals surface area (Å²) in [6.07, 6.45) is 2.99. The Labute approximate surface area is 144 Å². The SMILES string of the molecule is O=S(=O)(Nc1ccc(F)c(F)c1)c1ccc(N2CCC[C@H]2CO)nc1. The number of aromatic nitrogens is 1. The van der Waals surface area contributed by atoms with Crippen molar-refractivity contribution in [1.82, 2.24) is 4.98 Å². The molecule has 0 bridgehead atoms. The van der Waals surface area contributed by atoms with Crippen LogP contribution in [0.1, 0.15) is 12.8 Å². The number of anilines is 2. The van der Waals surface area contributed by atoms with Crippen LogP contribution in [0.3, 0.4) is 0 Å². The minimum absolute atomic E-state index is 0.0133. The molecule has 6 nitrogen and oxygen atoms in total. The fourth-order valence-corrected chi connectivity index (χ4v) is 3.80. The summed E-state index contributed by atoms with van der Waals surface area (Å²) >= 11 is 0. The summed E-state index contributed by atoms with van der Waals surface area (Å²) in [5.41, 5.74) is -0.0807. The van der Waals surface area contributed by atoms with E-state index in [1.807, 2.05) is 4.90 Å². The van der Waals surface area contributed by atoms with Crippen molar-refractivity contribution in [2.45, 2.75) is 23.8 Å². The predicted octanol–water partition coefficient (Wildman–Crippen LogP) is 2.12. The molecule has 1 aliphatic heterocycles. The van der Waals surface area contributed by atoms with Crippen LogP contribution in [-0.4, -0.2) is 37.7 Å². The van der Waals surface area contributed by atoms with Gasteiger partial charge in [-0.2, -0.15) is 0 Å². The highest BCUT2D eigenvalue weighted by atomic mass is 32.2. The van der Waals surface area contributed by atoms with Gasteiger partial charge in [0.15, 0.2) is 11.6 Å². The van der Waals surface area contributed by atoms with Gasteiger partial charge < -0.3 is 10.0 Å². The van der Waals surface area contributed by atoms with E-state index in [-0.39, 0.29) is 23.2 Å². The maximum atomic E-state index is 13.2. The largest absolute Gasteiger partial charge is 0.394 e. The third-order valence-electron chi connectivity index (χ3n) is 4.09. The molecule has 1 aromatic heterocycles. The van der Waals surface area contributed by atoms with Gasteiger partial charge >= 0.3 is 0 Å². The topological polar surface area (TPSA) is 82.5 Å². The molecule has 1 aromatic carbocycles. The molecule has 1 fully saturated rings. The van der Waals surface area contributed by atoms with Gasteiger partial charge in [0.25, 0.3) is 10.0 Å². The fourth-order valence-electron chi connectivity index (χ4n) is 2.80. The molecule has 0 saturated carbocycles. The molecule has 9 heteroatoms. The number of rotatable bonds is 5. The molecule has 1 aliphatic rings. The lowest BCUT2D eigenvalue weighted by Gasteiger charge is -2.24. The minimum Gasteiger partial charge on any atom is -0.394 e. The molecular weight excluding hydrogens is 352 g/mol. The summed E-state index contributed by atoms with van der Waals surface area (Å²) in [4.78, 5) is 5.99. The van der Waals surface area contributed by atoms with Crippen molar-refractivity contribution >= 4 is 21.5 Å². The normalized spacial score (nSPS) is 17.7. The number of nitrogens with one attached hydrogen (secondary N) is 1. The van der Waals surface area contributed by atoms with Crippen LogP contribution in [0.25, 0.3) is 0 Å². The van der Waals surface area contributed by atoms with E-state index in [2.05, 4.69) is 9.71 Å². The number of hydrogen-bond donors (Lipinski definition) is 2. The molecule has 134 valence electrons. The van der Waals surface area contributed by atoms with Gasteiger partial charge in [-0.1, -0.05) is 0 Å². The molecule has 1 saturated heterocycles. The summed E-state index contributed by atoms with van der Waals surface area (Å²) in [5, 5.41) is 9.35. The zero-order chi connectivity index (χ0) is 18.0. The van der Waals surface area contributed by atoms with Crippen LogP contribution >= 0.6 is 0 Å². The van der Waals surface area contributed by atoms with Gasteiger partial charge in [0.2, 0.25) is 0 Å². The molecule has 3 rings (SSSR count). The summed E-state index contributed by atoms with van der Waals surface area (Å²) in [6.45, 7) is 0.761. The van der Waals surface area contributed by atoms with Crippen LogP contribution < -0.4 is 9.62 Å². The number of nitrogens with zero attached hydrogens (tertiary/aromatic N) is 2. The monoisotopic (exact) mass is 369 g/mol. The number of hydrogen-bond acceptors (Lipinski definition) is 5. The highest BCUT2D eigenvalue weighted by Gasteiger charge is 2.25. The van der Waals surface area contributed by atoms with Crippen molar-refractivity contribution < 1.29 is 22.3 Å². The van der Waals surface area contributed by atoms with E-state index in [0.29, 0.717) is 5.82 Å². The predicted molar refractivity (Wildman–Crippen MR) is 88.9 cm³/mol. The molecule has 25 heavy (non-hydrogen) atoms. The number of pyridine rings is 1. The van der Waals surface area contributed by atoms with Crippen LogP contribution in [0, 0.1) is 11.6 Å². The van der Waals surface area contributed by atoms with Crippen LogP contribution in [-0.2, 0) is 10.0 Å². The van der Waals surface area contributed by atoms with Crippen LogP contribution in [0.4, 0.5) is 20.3 Å². The lowest BCUT2D eigenvalue weighted by atomic mass is 10.2. The van der Waals surface area contributed by atoms with E-state index in [1.54, 1.807) is 6.07 Å². The first-order chi connectivity index (χ1) is 11.9. The Hall–Kier alpha value is -2.26. The van der Waals surface area contributed by atoms with Crippen LogP contribution in [0.5, 0.6) is 0 Å². The van der Waals surface area contributed by atoms with Crippen molar-refractivity contribution in [2.24, 2.45) is 0 Å². The quantitative estimate of drug-likeness (QED) is 0.844. The highest BCUT2D eigenvalue weighted by Crippen LogP contribution is 2.25. The van der Waals surface area contributed by atoms with E-state index in [4.69, 9.17) is 0 Å². The minimum atomic E-state index is -3.97. The molecule has 0 amide bonds. The molecule has 2 heterocycles. The Morgan fingerprint density at radius 3 is 2.68 bits per heavy atom. The lowest BCUT2D eigenvalue weighted by Crippen LogP contribution is -2.32. The number of benzene rings is 1. The van der Waals surface area contributed by atoms with E-state index in [9.17, 15) is 22.3 Å². The van der Waals surface area contributed by atoms with E-state index >= 15 is 0 Å². The lowest BCUT2D eigenvalue weighted by molar-refractivity contribution is 0.266. The first-order valence-electron chi connectivity index (χ1n) is 7.72. The number of aliphatic hydroxyl groups excluding tert-OH is 1. The molecule has 2 N–H and O–H groups in total. The van der Waals surface area contributed by atoms with Crippen LogP contribution in [0.2, 0.25) is 0 Å². The van der Waals surface area contributed by atoms with Crippen molar-refractivity contribution in [1.29, 1.82) is 0 Å². The Morgan fingerprint density at radius 1 is 1.24 bits per heavy atom. The third kappa shape index (κ3) is 3.72. The van der Waals surface area contributed by atoms with Gasteiger partial charge in [-0.15, -0.1) is 0 Å². The van der Waals surface area contributed by atoms with Gasteiger partial charge in [0.1, 0.15) is 10.7 Å². The molecule has 0 spiro atoms. The third-order valence-corrected chi connectivity index (χ3v) is 5.45. The zero-order valence-electron chi connectivity index (χ0n) is 13.2. The molecule has 0 unspecified atom stereocenters. The summed E-state index contributed by atoms with van der Waals surface area (Å²) in [7, 11) is -3.97. The van der Waals surface area contributed by atoms with E-state index in [1.165, 1.54) is 12.3 Å². The Balaban J connectivity index is 1.79. The second-order valence-corrected chi connectivity index (χ2v) is 7.44. The average molecular weight is 369 g/mol. The number of halogens is 2. The second-order valence-electron chi connectivity index (χ2n) is 5.76. The van der Waals surface area contributed by atoms with Gasteiger partial charge in [0.05, 0.1) is 18.3 Å². The van der Waals surface area contributed by atoms with Crippen molar-refractivity contribution in [3.05, 3.63) is 48.2 Å². The van der Waals surface area contributed by atoms with Gasteiger partial charge in [-0.3, -0.25) is 4.72 Å². The first-order valence-corrected chi connectivity index (χ1v) is 9.20. The standard InChI is InChI=1S/C16H17F2N3O3S/c17-14-5-3-11(8-15(14)18)20-25(23,24)13-4-6-16(19-9-13)21-7-1-2-12(21)10-22/h3-6,8-9,12,20,22H,1-2,7,10H2/t12-/m0/s1. The first kappa shape index (κ1) is 17.6. The molecule has 2 aromatic rings. The van der Waals surface area contributed by atoms with Gasteiger partial charge in [-0.05, 0) is 37.1 Å². The summed E-state index contributed by atoms with van der Waals surface area (Å²) in [6, 6.07) is 5.68. The van der Waals surface area contributed by atoms with Crippen molar-refractivity contribution in [2.75, 3.05) is 22.8 Å². The van der Waals surface area contributed by atoms with Gasteiger partial charge in [0, 0.05) is 18.8 Å². The Morgan fingerprint density at radius 2 is 2.04 bits per heavy atom. The highest BCUT2D eigenvalue weighted by molar-refractivity contribution is 7.92. The average Bonchev–Trinajstić information content (AvgIpc) is 3.07. The van der Waals surface area contributed by atoms with E-state index in [0.717, 1.165) is 37.6 Å². The zero-order valence-corrected chi connectivity index (χ0v) is 14.0. The number of aliphatic hydroxyl groups is 1. The molecular formula is C16H17F2N3O3S.